The highest BCUT2D eigenvalue weighted by Gasteiger charge is 2.45. The van der Waals surface area contributed by atoms with Crippen LogP contribution in [0.5, 0.6) is 0 Å². The molecule has 0 N–H and O–H groups in total. The number of hydrogen-bond donors (Lipinski definition) is 0. The summed E-state index contributed by atoms with van der Waals surface area (Å²) in [6, 6.07) is 42.4. The summed E-state index contributed by atoms with van der Waals surface area (Å²) in [5.74, 6) is -0.596. The molecule has 0 spiro atoms. The van der Waals surface area contributed by atoms with Crippen molar-refractivity contribution < 1.29 is 9.53 Å². The fraction of sp³-hybridized carbons (Fsp3) is 0.0968. The van der Waals surface area contributed by atoms with Gasteiger partial charge in [-0.1, -0.05) is 78.9 Å². The average Bonchev–Trinajstić information content (AvgIpc) is 2.93. The predicted molar refractivity (Wildman–Crippen MR) is 146 cm³/mol. The molecular weight excluding hydrogens is 449 g/mol. The summed E-state index contributed by atoms with van der Waals surface area (Å²) in [6.07, 6.45) is 2.44. The molecule has 0 amide bonds. The van der Waals surface area contributed by atoms with Crippen LogP contribution in [-0.4, -0.2) is 12.6 Å². The molecule has 0 saturated heterocycles. The molecule has 4 heteroatoms. The van der Waals surface area contributed by atoms with Crippen molar-refractivity contribution in [2.24, 2.45) is 0 Å². The van der Waals surface area contributed by atoms with E-state index >= 15 is 0 Å². The first-order valence-electron chi connectivity index (χ1n) is 11.6. The Kier molecular flexibility index (Phi) is 7.88. The van der Waals surface area contributed by atoms with Crippen molar-refractivity contribution in [2.75, 3.05) is 6.61 Å². The second kappa shape index (κ2) is 11.4. The van der Waals surface area contributed by atoms with Gasteiger partial charge in [-0.05, 0) is 60.5 Å². The molecule has 4 aromatic carbocycles. The Labute approximate surface area is 207 Å². The van der Waals surface area contributed by atoms with E-state index in [0.717, 1.165) is 11.7 Å². The van der Waals surface area contributed by atoms with Crippen LogP contribution >= 0.6 is 7.26 Å². The van der Waals surface area contributed by atoms with Gasteiger partial charge in [0.2, 0.25) is 0 Å². The van der Waals surface area contributed by atoms with Gasteiger partial charge < -0.3 is 4.74 Å². The van der Waals surface area contributed by atoms with E-state index in [2.05, 4.69) is 103 Å². The lowest BCUT2D eigenvalue weighted by atomic mass is 10.1. The van der Waals surface area contributed by atoms with Crippen molar-refractivity contribution >= 4 is 35.2 Å². The minimum atomic E-state index is -1.99. The molecule has 0 bridgehead atoms. The first-order valence-corrected chi connectivity index (χ1v) is 13.6. The van der Waals surface area contributed by atoms with E-state index in [4.69, 9.17) is 4.74 Å². The molecule has 35 heavy (non-hydrogen) atoms. The van der Waals surface area contributed by atoms with E-state index in [9.17, 15) is 10.1 Å². The van der Waals surface area contributed by atoms with Crippen LogP contribution in [0, 0.1) is 11.3 Å². The van der Waals surface area contributed by atoms with E-state index in [1.54, 1.807) is 13.0 Å². The van der Waals surface area contributed by atoms with Gasteiger partial charge in [-0.15, -0.1) is 0 Å². The summed E-state index contributed by atoms with van der Waals surface area (Å²) < 4.78 is 4.98. The van der Waals surface area contributed by atoms with Crippen molar-refractivity contribution in [1.29, 1.82) is 5.26 Å². The Bertz CT molecular complexity index is 1230. The second-order valence-corrected chi connectivity index (χ2v) is 11.6. The van der Waals surface area contributed by atoms with Crippen molar-refractivity contribution in [3.05, 3.63) is 132 Å². The van der Waals surface area contributed by atoms with Gasteiger partial charge in [0.15, 0.2) is 0 Å². The highest BCUT2D eigenvalue weighted by molar-refractivity contribution is 7.95. The number of benzene rings is 4. The number of hydrogen-bond acceptors (Lipinski definition) is 3. The molecule has 0 atom stereocenters. The van der Waals surface area contributed by atoms with Gasteiger partial charge in [-0.25, -0.2) is 4.79 Å². The molecule has 0 aliphatic rings. The standard InChI is InChI=1S/C31H27NO2P/c1-2-34-31(33)27(23-32)22-25-18-20-26(21-19-25)24-35(28-12-6-3-7-13-28,29-14-8-4-9-15-29)30-16-10-5-11-17-30/h3-22H,2,24H2,1H3/q+1. The molecule has 0 aliphatic heterocycles. The van der Waals surface area contributed by atoms with Crippen molar-refractivity contribution in [1.82, 2.24) is 0 Å². The predicted octanol–water partition coefficient (Wildman–Crippen LogP) is 5.65. The summed E-state index contributed by atoms with van der Waals surface area (Å²) in [5.41, 5.74) is 1.99. The van der Waals surface area contributed by atoms with Gasteiger partial charge in [0, 0.05) is 0 Å². The molecule has 0 aliphatic carbocycles. The number of carbonyl (C=O) groups is 1. The van der Waals surface area contributed by atoms with E-state index in [1.807, 2.05) is 18.2 Å². The highest BCUT2D eigenvalue weighted by Crippen LogP contribution is 2.58. The normalized spacial score (nSPS) is 11.5. The fourth-order valence-corrected chi connectivity index (χ4v) is 8.52. The van der Waals surface area contributed by atoms with Gasteiger partial charge >= 0.3 is 5.97 Å². The lowest BCUT2D eigenvalue weighted by molar-refractivity contribution is -0.137. The minimum absolute atomic E-state index is 0.000645. The molecular formula is C31H27NO2P+. The van der Waals surface area contributed by atoms with Crippen LogP contribution in [0.4, 0.5) is 0 Å². The number of nitrogens with zero attached hydrogens (tertiary/aromatic N) is 1. The number of esters is 1. The molecule has 3 nitrogen and oxygen atoms in total. The SMILES string of the molecule is CCOC(=O)C(C#N)=Cc1ccc(C[P+](c2ccccc2)(c2ccccc2)c2ccccc2)cc1. The molecule has 172 valence electrons. The van der Waals surface area contributed by atoms with Crippen molar-refractivity contribution in [3.8, 4) is 6.07 Å². The third-order valence-corrected chi connectivity index (χ3v) is 10.3. The maximum atomic E-state index is 12.0. The topological polar surface area (TPSA) is 50.1 Å². The number of ether oxygens (including phenoxy) is 1. The Morgan fingerprint density at radius 2 is 1.23 bits per heavy atom. The number of nitriles is 1. The van der Waals surface area contributed by atoms with Gasteiger partial charge in [0.05, 0.1) is 12.8 Å². The Hall–Kier alpha value is -3.99. The average molecular weight is 477 g/mol. The molecule has 4 rings (SSSR count). The highest BCUT2D eigenvalue weighted by atomic mass is 31.2. The third kappa shape index (κ3) is 5.40. The Morgan fingerprint density at radius 1 is 0.771 bits per heavy atom. The van der Waals surface area contributed by atoms with E-state index in [1.165, 1.54) is 21.5 Å². The molecule has 0 saturated carbocycles. The lowest BCUT2D eigenvalue weighted by Crippen LogP contribution is -2.32. The van der Waals surface area contributed by atoms with Gasteiger partial charge in [0.25, 0.3) is 0 Å². The molecule has 0 unspecified atom stereocenters. The van der Waals surface area contributed by atoms with Gasteiger partial charge in [0.1, 0.15) is 34.8 Å². The second-order valence-electron chi connectivity index (χ2n) is 8.11. The Morgan fingerprint density at radius 3 is 1.63 bits per heavy atom. The molecule has 0 aromatic heterocycles. The zero-order chi connectivity index (χ0) is 24.5. The smallest absolute Gasteiger partial charge is 0.348 e. The first kappa shape index (κ1) is 24.1. The zero-order valence-corrected chi connectivity index (χ0v) is 20.6. The summed E-state index contributed by atoms with van der Waals surface area (Å²) in [6.45, 7) is 1.96. The minimum Gasteiger partial charge on any atom is -0.462 e. The molecule has 4 aromatic rings. The van der Waals surface area contributed by atoms with Crippen molar-refractivity contribution in [2.45, 2.75) is 13.1 Å². The summed E-state index contributed by atoms with van der Waals surface area (Å²) in [4.78, 5) is 12.0. The van der Waals surface area contributed by atoms with Crippen LogP contribution < -0.4 is 15.9 Å². The maximum Gasteiger partial charge on any atom is 0.348 e. The number of carbonyl (C=O) groups excluding carboxylic acids is 1. The van der Waals surface area contributed by atoms with Crippen LogP contribution in [0.3, 0.4) is 0 Å². The quantitative estimate of drug-likeness (QED) is 0.143. The maximum absolute atomic E-state index is 12.0. The first-order chi connectivity index (χ1) is 17.2. The van der Waals surface area contributed by atoms with Gasteiger partial charge in [-0.3, -0.25) is 0 Å². The monoisotopic (exact) mass is 476 g/mol. The van der Waals surface area contributed by atoms with E-state index < -0.39 is 13.2 Å². The van der Waals surface area contributed by atoms with Crippen LogP contribution in [-0.2, 0) is 15.7 Å². The van der Waals surface area contributed by atoms with E-state index in [-0.39, 0.29) is 12.2 Å². The van der Waals surface area contributed by atoms with Crippen LogP contribution in [0.15, 0.2) is 121 Å². The molecule has 0 heterocycles. The zero-order valence-electron chi connectivity index (χ0n) is 19.7. The summed E-state index contributed by atoms with van der Waals surface area (Å²) in [7, 11) is -1.99. The summed E-state index contributed by atoms with van der Waals surface area (Å²) >= 11 is 0. The van der Waals surface area contributed by atoms with Crippen LogP contribution in [0.25, 0.3) is 6.08 Å². The number of rotatable bonds is 8. The van der Waals surface area contributed by atoms with Crippen LogP contribution in [0.2, 0.25) is 0 Å². The van der Waals surface area contributed by atoms with Gasteiger partial charge in [-0.2, -0.15) is 5.26 Å². The largest absolute Gasteiger partial charge is 0.462 e. The van der Waals surface area contributed by atoms with Crippen molar-refractivity contribution in [3.63, 3.8) is 0 Å². The third-order valence-electron chi connectivity index (χ3n) is 5.92. The fourth-order valence-electron chi connectivity index (χ4n) is 4.27. The summed E-state index contributed by atoms with van der Waals surface area (Å²) in [5, 5.41) is 13.3. The Balaban J connectivity index is 1.79. The van der Waals surface area contributed by atoms with E-state index in [0.29, 0.717) is 0 Å². The van der Waals surface area contributed by atoms with Crippen LogP contribution in [0.1, 0.15) is 18.1 Å². The molecule has 0 fully saturated rings. The lowest BCUT2D eigenvalue weighted by Gasteiger charge is -2.28. The molecule has 0 radical (unpaired) electrons.